The molecule has 8 nitrogen and oxygen atoms in total. The van der Waals surface area contributed by atoms with Crippen molar-refractivity contribution in [1.82, 2.24) is 19.9 Å². The highest BCUT2D eigenvalue weighted by molar-refractivity contribution is 5.97. The van der Waals surface area contributed by atoms with Crippen molar-refractivity contribution in [3.8, 4) is 0 Å². The van der Waals surface area contributed by atoms with Gasteiger partial charge in [0.15, 0.2) is 5.65 Å². The molecule has 2 atom stereocenters. The predicted octanol–water partition coefficient (Wildman–Crippen LogP) is 0.956. The Bertz CT molecular complexity index is 780. The molecule has 2 unspecified atom stereocenters. The number of fused-ring (bicyclic) bond motifs is 1. The first-order valence-corrected chi connectivity index (χ1v) is 7.91. The number of rotatable bonds is 4. The van der Waals surface area contributed by atoms with Gasteiger partial charge in [0.1, 0.15) is 6.04 Å². The Labute approximate surface area is 138 Å². The van der Waals surface area contributed by atoms with Crippen molar-refractivity contribution in [2.45, 2.75) is 32.7 Å². The third kappa shape index (κ3) is 3.09. The number of aryl methyl sites for hydroxylation is 2. The Kier molecular flexibility index (Phi) is 4.48. The molecule has 8 heteroatoms. The fraction of sp³-hybridized carbons (Fsp3) is 0.500. The molecule has 0 radical (unpaired) electrons. The molecule has 2 N–H and O–H groups in total. The van der Waals surface area contributed by atoms with Gasteiger partial charge in [-0.2, -0.15) is 5.10 Å². The Morgan fingerprint density at radius 1 is 1.46 bits per heavy atom. The average molecular weight is 332 g/mol. The molecule has 0 saturated carbocycles. The number of carboxylic acids is 1. The summed E-state index contributed by atoms with van der Waals surface area (Å²) in [6.07, 6.45) is 2.96. The van der Waals surface area contributed by atoms with Gasteiger partial charge in [-0.3, -0.25) is 4.79 Å². The van der Waals surface area contributed by atoms with Crippen molar-refractivity contribution in [1.29, 1.82) is 0 Å². The quantitative estimate of drug-likeness (QED) is 0.864. The summed E-state index contributed by atoms with van der Waals surface area (Å²) in [7, 11) is 0. The highest BCUT2D eigenvalue weighted by Gasteiger charge is 2.32. The van der Waals surface area contributed by atoms with Crippen LogP contribution in [0.2, 0.25) is 0 Å². The van der Waals surface area contributed by atoms with Gasteiger partial charge in [-0.15, -0.1) is 0 Å². The largest absolute Gasteiger partial charge is 0.480 e. The van der Waals surface area contributed by atoms with Gasteiger partial charge in [0, 0.05) is 24.8 Å². The minimum Gasteiger partial charge on any atom is -0.480 e. The molecule has 3 rings (SSSR count). The predicted molar refractivity (Wildman–Crippen MR) is 84.9 cm³/mol. The van der Waals surface area contributed by atoms with Crippen LogP contribution in [0.15, 0.2) is 12.3 Å². The van der Waals surface area contributed by atoms with Gasteiger partial charge >= 0.3 is 5.97 Å². The van der Waals surface area contributed by atoms with Crippen LogP contribution in [0.1, 0.15) is 34.6 Å². The van der Waals surface area contributed by atoms with E-state index >= 15 is 0 Å². The highest BCUT2D eigenvalue weighted by atomic mass is 16.5. The number of nitrogens with one attached hydrogen (secondary N) is 1. The molecular weight excluding hydrogens is 312 g/mol. The third-order valence-electron chi connectivity index (χ3n) is 4.31. The van der Waals surface area contributed by atoms with E-state index in [9.17, 15) is 14.7 Å². The molecule has 2 aromatic rings. The van der Waals surface area contributed by atoms with E-state index in [0.29, 0.717) is 36.5 Å². The lowest BCUT2D eigenvalue weighted by molar-refractivity contribution is -0.142. The molecule has 1 aliphatic rings. The second-order valence-electron chi connectivity index (χ2n) is 6.08. The van der Waals surface area contributed by atoms with Gasteiger partial charge in [0.2, 0.25) is 0 Å². The van der Waals surface area contributed by atoms with Gasteiger partial charge < -0.3 is 15.2 Å². The number of carboxylic acid groups (broad SMARTS) is 1. The van der Waals surface area contributed by atoms with E-state index in [2.05, 4.69) is 15.4 Å². The van der Waals surface area contributed by atoms with Crippen molar-refractivity contribution in [2.24, 2.45) is 5.92 Å². The molecule has 1 saturated heterocycles. The summed E-state index contributed by atoms with van der Waals surface area (Å²) in [5, 5.41) is 16.4. The number of aliphatic carboxylic acids is 1. The zero-order chi connectivity index (χ0) is 17.3. The molecular formula is C16H20N4O4. The number of amides is 1. The summed E-state index contributed by atoms with van der Waals surface area (Å²) in [6, 6.07) is 0.834. The van der Waals surface area contributed by atoms with E-state index < -0.39 is 17.9 Å². The maximum atomic E-state index is 12.6. The number of carbonyl (C=O) groups excluding carboxylic acids is 1. The second kappa shape index (κ2) is 6.56. The second-order valence-corrected chi connectivity index (χ2v) is 6.08. The Morgan fingerprint density at radius 2 is 2.25 bits per heavy atom. The SMILES string of the molecule is Cc1cc2ncc(C(=O)NC(C(=O)O)C3CCCOC3)c(C)n2n1. The number of ether oxygens (including phenoxy) is 1. The van der Waals surface area contributed by atoms with Gasteiger partial charge in [-0.05, 0) is 26.7 Å². The third-order valence-corrected chi connectivity index (χ3v) is 4.31. The van der Waals surface area contributed by atoms with Crippen LogP contribution < -0.4 is 5.32 Å². The van der Waals surface area contributed by atoms with Crippen LogP contribution in [0.25, 0.3) is 5.65 Å². The summed E-state index contributed by atoms with van der Waals surface area (Å²) >= 11 is 0. The molecule has 1 amide bonds. The van der Waals surface area contributed by atoms with Crippen molar-refractivity contribution in [3.63, 3.8) is 0 Å². The topological polar surface area (TPSA) is 106 Å². The number of carbonyl (C=O) groups is 2. The monoisotopic (exact) mass is 332 g/mol. The van der Waals surface area contributed by atoms with Gasteiger partial charge in [0.25, 0.3) is 5.91 Å². The van der Waals surface area contributed by atoms with Crippen LogP contribution in [0.3, 0.4) is 0 Å². The summed E-state index contributed by atoms with van der Waals surface area (Å²) < 4.78 is 6.93. The molecule has 2 aromatic heterocycles. The smallest absolute Gasteiger partial charge is 0.326 e. The number of nitrogens with zero attached hydrogens (tertiary/aromatic N) is 3. The number of aromatic nitrogens is 3. The van der Waals surface area contributed by atoms with Gasteiger partial charge in [0.05, 0.1) is 23.6 Å². The maximum Gasteiger partial charge on any atom is 0.326 e. The van der Waals surface area contributed by atoms with E-state index in [1.165, 1.54) is 6.20 Å². The van der Waals surface area contributed by atoms with E-state index in [1.807, 2.05) is 13.0 Å². The fourth-order valence-corrected chi connectivity index (χ4v) is 3.01. The summed E-state index contributed by atoms with van der Waals surface area (Å²) in [6.45, 7) is 4.58. The highest BCUT2D eigenvalue weighted by Crippen LogP contribution is 2.19. The standard InChI is InChI=1S/C16H20N4O4/c1-9-6-13-17-7-12(10(2)20(13)19-9)15(21)18-14(16(22)23)11-4-3-5-24-8-11/h6-7,11,14H,3-5,8H2,1-2H3,(H,18,21)(H,22,23). The van der Waals surface area contributed by atoms with Crippen molar-refractivity contribution in [3.05, 3.63) is 29.2 Å². The van der Waals surface area contributed by atoms with Crippen molar-refractivity contribution < 1.29 is 19.4 Å². The lowest BCUT2D eigenvalue weighted by Crippen LogP contribution is -2.48. The summed E-state index contributed by atoms with van der Waals surface area (Å²) in [4.78, 5) is 28.4. The van der Waals surface area contributed by atoms with E-state index in [-0.39, 0.29) is 5.92 Å². The summed E-state index contributed by atoms with van der Waals surface area (Å²) in [5.41, 5.74) is 2.38. The van der Waals surface area contributed by atoms with Crippen molar-refractivity contribution >= 4 is 17.5 Å². The fourth-order valence-electron chi connectivity index (χ4n) is 3.01. The normalized spacial score (nSPS) is 19.2. The van der Waals surface area contributed by atoms with Crippen molar-refractivity contribution in [2.75, 3.05) is 13.2 Å². The van der Waals surface area contributed by atoms with Crippen LogP contribution in [-0.4, -0.2) is 50.8 Å². The van der Waals surface area contributed by atoms with Crippen LogP contribution in [0.4, 0.5) is 0 Å². The Hall–Kier alpha value is -2.48. The average Bonchev–Trinajstić information content (AvgIpc) is 2.94. The minimum atomic E-state index is -1.06. The molecule has 0 spiro atoms. The Morgan fingerprint density at radius 3 is 2.92 bits per heavy atom. The maximum absolute atomic E-state index is 12.6. The van der Waals surface area contributed by atoms with Crippen LogP contribution in [-0.2, 0) is 9.53 Å². The molecule has 0 bridgehead atoms. The molecule has 24 heavy (non-hydrogen) atoms. The first-order chi connectivity index (χ1) is 11.5. The molecule has 0 aliphatic carbocycles. The molecule has 3 heterocycles. The first kappa shape index (κ1) is 16.4. The molecule has 128 valence electrons. The van der Waals surface area contributed by atoms with E-state index in [4.69, 9.17) is 4.74 Å². The van der Waals surface area contributed by atoms with Gasteiger partial charge in [-0.1, -0.05) is 0 Å². The minimum absolute atomic E-state index is 0.232. The lowest BCUT2D eigenvalue weighted by Gasteiger charge is -2.28. The molecule has 1 aliphatic heterocycles. The Balaban J connectivity index is 1.84. The van der Waals surface area contributed by atoms with Crippen LogP contribution in [0.5, 0.6) is 0 Å². The summed E-state index contributed by atoms with van der Waals surface area (Å²) in [5.74, 6) is -1.75. The zero-order valence-electron chi connectivity index (χ0n) is 13.7. The molecule has 1 fully saturated rings. The number of hydrogen-bond donors (Lipinski definition) is 2. The van der Waals surface area contributed by atoms with E-state index in [0.717, 1.165) is 12.1 Å². The van der Waals surface area contributed by atoms with Gasteiger partial charge in [-0.25, -0.2) is 14.3 Å². The van der Waals surface area contributed by atoms with E-state index in [1.54, 1.807) is 11.4 Å². The molecule has 0 aromatic carbocycles. The first-order valence-electron chi connectivity index (χ1n) is 7.91. The zero-order valence-corrected chi connectivity index (χ0v) is 13.7. The lowest BCUT2D eigenvalue weighted by atomic mass is 9.93. The van der Waals surface area contributed by atoms with Crippen LogP contribution in [0, 0.1) is 19.8 Å². The number of hydrogen-bond acceptors (Lipinski definition) is 5. The van der Waals surface area contributed by atoms with Crippen LogP contribution >= 0.6 is 0 Å².